The van der Waals surface area contributed by atoms with Crippen molar-refractivity contribution in [1.82, 2.24) is 4.90 Å². The zero-order valence-electron chi connectivity index (χ0n) is 18.6. The molecule has 4 heteroatoms. The fourth-order valence-electron chi connectivity index (χ4n) is 5.05. The molecule has 3 rings (SSSR count). The number of unbranched alkanes of at least 4 members (excludes halogenated alkanes) is 1. The fourth-order valence-corrected chi connectivity index (χ4v) is 5.05. The highest BCUT2D eigenvalue weighted by atomic mass is 16.3. The average molecular weight is 412 g/mol. The summed E-state index contributed by atoms with van der Waals surface area (Å²) in [6.07, 6.45) is 11.6. The van der Waals surface area contributed by atoms with E-state index in [1.54, 1.807) is 19.0 Å². The summed E-state index contributed by atoms with van der Waals surface area (Å²) in [5, 5.41) is 21.0. The third-order valence-electron chi connectivity index (χ3n) is 6.67. The molecule has 30 heavy (non-hydrogen) atoms. The maximum absolute atomic E-state index is 11.7. The van der Waals surface area contributed by atoms with Gasteiger partial charge in [0.25, 0.3) is 0 Å². The van der Waals surface area contributed by atoms with Crippen molar-refractivity contribution >= 4 is 5.91 Å². The van der Waals surface area contributed by atoms with Crippen LogP contribution in [0.3, 0.4) is 0 Å². The van der Waals surface area contributed by atoms with E-state index < -0.39 is 6.10 Å². The van der Waals surface area contributed by atoms with Gasteiger partial charge in [-0.1, -0.05) is 53.6 Å². The highest BCUT2D eigenvalue weighted by Gasteiger charge is 2.43. The van der Waals surface area contributed by atoms with Crippen molar-refractivity contribution in [3.05, 3.63) is 59.2 Å². The number of allylic oxidation sites excluding steroid dienone is 2. The molecule has 2 aliphatic carbocycles. The molecule has 2 aliphatic rings. The number of benzene rings is 1. The molecular weight excluding hydrogens is 374 g/mol. The highest BCUT2D eigenvalue weighted by Crippen LogP contribution is 2.48. The van der Waals surface area contributed by atoms with Crippen molar-refractivity contribution in [2.45, 2.75) is 64.1 Å². The quantitative estimate of drug-likeness (QED) is 0.476. The van der Waals surface area contributed by atoms with Crippen molar-refractivity contribution in [3.8, 4) is 0 Å². The van der Waals surface area contributed by atoms with Crippen LogP contribution in [-0.4, -0.2) is 47.3 Å². The largest absolute Gasteiger partial charge is 0.392 e. The SMILES string of the molecule is Cc1cccc(C[C@@H](O)/C=C/[C@@H]2[C@H]3CC(CCCCC(=O)N(C)C)=C[C@H]3C[C@H]2O)c1. The standard InChI is InChI=1S/C26H37NO3/c1-18-7-6-9-19(13-18)15-22(28)11-12-23-24-16-20(14-21(24)17-25(23)29)8-4-5-10-26(30)27(2)3/h6-7,9,11-14,21-25,28-29H,4-5,8,10,15-17H2,1-3H3/b12-11+/t21-,22-,23+,24-,25+/m0/s1. The molecule has 1 amide bonds. The van der Waals surface area contributed by atoms with Crippen LogP contribution in [0.4, 0.5) is 0 Å². The van der Waals surface area contributed by atoms with E-state index in [2.05, 4.69) is 31.2 Å². The highest BCUT2D eigenvalue weighted by molar-refractivity contribution is 5.75. The first-order valence-corrected chi connectivity index (χ1v) is 11.3. The Morgan fingerprint density at radius 1 is 1.30 bits per heavy atom. The molecule has 0 aromatic heterocycles. The summed E-state index contributed by atoms with van der Waals surface area (Å²) < 4.78 is 0. The summed E-state index contributed by atoms with van der Waals surface area (Å²) in [6, 6.07) is 8.24. The first-order valence-electron chi connectivity index (χ1n) is 11.3. The van der Waals surface area contributed by atoms with Crippen LogP contribution in [-0.2, 0) is 11.2 Å². The Morgan fingerprint density at radius 3 is 2.83 bits per heavy atom. The van der Waals surface area contributed by atoms with E-state index in [-0.39, 0.29) is 17.9 Å². The number of nitrogens with zero attached hydrogens (tertiary/aromatic N) is 1. The molecule has 2 N–H and O–H groups in total. The van der Waals surface area contributed by atoms with Crippen LogP contribution < -0.4 is 0 Å². The summed E-state index contributed by atoms with van der Waals surface area (Å²) in [5.74, 6) is 1.21. The van der Waals surface area contributed by atoms with Crippen molar-refractivity contribution < 1.29 is 15.0 Å². The molecule has 1 saturated carbocycles. The molecule has 4 nitrogen and oxygen atoms in total. The summed E-state index contributed by atoms with van der Waals surface area (Å²) in [5.41, 5.74) is 3.82. The van der Waals surface area contributed by atoms with Gasteiger partial charge in [-0.15, -0.1) is 0 Å². The van der Waals surface area contributed by atoms with Crippen LogP contribution in [0.25, 0.3) is 0 Å². The van der Waals surface area contributed by atoms with Crippen molar-refractivity contribution in [3.63, 3.8) is 0 Å². The van der Waals surface area contributed by atoms with E-state index in [4.69, 9.17) is 0 Å². The van der Waals surface area contributed by atoms with Crippen molar-refractivity contribution in [2.24, 2.45) is 17.8 Å². The van der Waals surface area contributed by atoms with Gasteiger partial charge in [0.05, 0.1) is 12.2 Å². The smallest absolute Gasteiger partial charge is 0.222 e. The minimum Gasteiger partial charge on any atom is -0.392 e. The average Bonchev–Trinajstić information content (AvgIpc) is 3.19. The lowest BCUT2D eigenvalue weighted by Crippen LogP contribution is -2.21. The molecule has 0 heterocycles. The lowest BCUT2D eigenvalue weighted by Gasteiger charge is -2.19. The third-order valence-corrected chi connectivity index (χ3v) is 6.67. The van der Waals surface area contributed by atoms with E-state index in [9.17, 15) is 15.0 Å². The molecule has 0 spiro atoms. The zero-order valence-corrected chi connectivity index (χ0v) is 18.6. The third kappa shape index (κ3) is 6.05. The maximum atomic E-state index is 11.7. The maximum Gasteiger partial charge on any atom is 0.222 e. The van der Waals surface area contributed by atoms with Crippen molar-refractivity contribution in [1.29, 1.82) is 0 Å². The Hall–Kier alpha value is -1.91. The molecule has 5 atom stereocenters. The van der Waals surface area contributed by atoms with E-state index >= 15 is 0 Å². The summed E-state index contributed by atoms with van der Waals surface area (Å²) in [7, 11) is 3.61. The van der Waals surface area contributed by atoms with Gasteiger partial charge in [-0.2, -0.15) is 0 Å². The molecule has 0 saturated heterocycles. The van der Waals surface area contributed by atoms with Gasteiger partial charge < -0.3 is 15.1 Å². The topological polar surface area (TPSA) is 60.8 Å². The van der Waals surface area contributed by atoms with Gasteiger partial charge in [-0.25, -0.2) is 0 Å². The molecule has 1 aromatic carbocycles. The molecule has 1 aromatic rings. The Kier molecular flexibility index (Phi) is 7.90. The van der Waals surface area contributed by atoms with E-state index in [1.807, 2.05) is 18.2 Å². The molecule has 0 aliphatic heterocycles. The first-order chi connectivity index (χ1) is 14.3. The van der Waals surface area contributed by atoms with Crippen LogP contribution in [0, 0.1) is 24.7 Å². The molecule has 0 unspecified atom stereocenters. The van der Waals surface area contributed by atoms with Crippen LogP contribution >= 0.6 is 0 Å². The van der Waals surface area contributed by atoms with Gasteiger partial charge in [0, 0.05) is 32.9 Å². The second kappa shape index (κ2) is 10.4. The molecule has 1 fully saturated rings. The first kappa shape index (κ1) is 22.8. The van der Waals surface area contributed by atoms with Gasteiger partial charge in [0.2, 0.25) is 5.91 Å². The number of carbonyl (C=O) groups is 1. The number of aryl methyl sites for hydroxylation is 1. The monoisotopic (exact) mass is 411 g/mol. The Balaban J connectivity index is 1.47. The summed E-state index contributed by atoms with van der Waals surface area (Å²) in [4.78, 5) is 13.3. The zero-order chi connectivity index (χ0) is 21.7. The molecule has 0 bridgehead atoms. The number of aliphatic hydroxyl groups excluding tert-OH is 2. The minimum absolute atomic E-state index is 0.117. The Morgan fingerprint density at radius 2 is 2.10 bits per heavy atom. The van der Waals surface area contributed by atoms with Gasteiger partial charge in [-0.3, -0.25) is 4.79 Å². The number of aliphatic hydroxyl groups is 2. The summed E-state index contributed by atoms with van der Waals surface area (Å²) in [6.45, 7) is 2.06. The predicted octanol–water partition coefficient (Wildman–Crippen LogP) is 4.05. The van der Waals surface area contributed by atoms with Gasteiger partial charge in [0.1, 0.15) is 0 Å². The normalized spacial score (nSPS) is 26.6. The lowest BCUT2D eigenvalue weighted by molar-refractivity contribution is -0.128. The summed E-state index contributed by atoms with van der Waals surface area (Å²) >= 11 is 0. The van der Waals surface area contributed by atoms with Gasteiger partial charge in [-0.05, 0) is 56.4 Å². The number of carbonyl (C=O) groups excluding carboxylic acids is 1. The number of hydrogen-bond acceptors (Lipinski definition) is 3. The second-order valence-corrected chi connectivity index (χ2v) is 9.38. The second-order valence-electron chi connectivity index (χ2n) is 9.38. The number of hydrogen-bond donors (Lipinski definition) is 2. The van der Waals surface area contributed by atoms with Crippen LogP contribution in [0.15, 0.2) is 48.1 Å². The van der Waals surface area contributed by atoms with Crippen LogP contribution in [0.1, 0.15) is 49.7 Å². The van der Waals surface area contributed by atoms with Gasteiger partial charge >= 0.3 is 0 Å². The lowest BCUT2D eigenvalue weighted by atomic mass is 9.88. The van der Waals surface area contributed by atoms with Crippen LogP contribution in [0.2, 0.25) is 0 Å². The molecule has 0 radical (unpaired) electrons. The minimum atomic E-state index is -0.527. The Bertz CT molecular complexity index is 782. The van der Waals surface area contributed by atoms with Gasteiger partial charge in [0.15, 0.2) is 0 Å². The van der Waals surface area contributed by atoms with E-state index in [0.717, 1.165) is 37.7 Å². The van der Waals surface area contributed by atoms with Crippen LogP contribution in [0.5, 0.6) is 0 Å². The number of rotatable bonds is 9. The van der Waals surface area contributed by atoms with E-state index in [1.165, 1.54) is 11.1 Å². The molecule has 164 valence electrons. The Labute approximate surface area is 181 Å². The molecular formula is C26H37NO3. The number of fused-ring (bicyclic) bond motifs is 1. The predicted molar refractivity (Wildman–Crippen MR) is 121 cm³/mol. The van der Waals surface area contributed by atoms with E-state index in [0.29, 0.717) is 24.7 Å². The van der Waals surface area contributed by atoms with Crippen molar-refractivity contribution in [2.75, 3.05) is 14.1 Å². The number of amides is 1. The fraction of sp³-hybridized carbons (Fsp3) is 0.577.